The van der Waals surface area contributed by atoms with E-state index in [-0.39, 0.29) is 5.54 Å². The van der Waals surface area contributed by atoms with Gasteiger partial charge in [-0.15, -0.1) is 0 Å². The summed E-state index contributed by atoms with van der Waals surface area (Å²) in [7, 11) is 1.83. The van der Waals surface area contributed by atoms with E-state index in [9.17, 15) is 0 Å². The standard InChI is InChI=1S/C18H36N2O/c1-17(2,3)19-14-16(15-21-4)20-12-10-18(11-13-20)8-6-5-7-9-18/h16,19H,5-15H2,1-4H3. The number of hydrogen-bond acceptors (Lipinski definition) is 3. The third kappa shape index (κ3) is 5.22. The zero-order valence-electron chi connectivity index (χ0n) is 14.7. The van der Waals surface area contributed by atoms with E-state index in [1.54, 1.807) is 0 Å². The van der Waals surface area contributed by atoms with Gasteiger partial charge in [0.05, 0.1) is 6.61 Å². The van der Waals surface area contributed by atoms with Gasteiger partial charge in [0.25, 0.3) is 0 Å². The Hall–Kier alpha value is -0.120. The Balaban J connectivity index is 1.84. The molecule has 0 aromatic heterocycles. The average Bonchev–Trinajstić information content (AvgIpc) is 2.45. The summed E-state index contributed by atoms with van der Waals surface area (Å²) in [6.07, 6.45) is 10.2. The lowest BCUT2D eigenvalue weighted by Gasteiger charge is -2.46. The van der Waals surface area contributed by atoms with E-state index < -0.39 is 0 Å². The van der Waals surface area contributed by atoms with Crippen LogP contribution in [0.2, 0.25) is 0 Å². The van der Waals surface area contributed by atoms with Gasteiger partial charge in [-0.25, -0.2) is 0 Å². The van der Waals surface area contributed by atoms with Gasteiger partial charge < -0.3 is 10.1 Å². The molecule has 0 aromatic carbocycles. The summed E-state index contributed by atoms with van der Waals surface area (Å²) in [5.41, 5.74) is 0.885. The molecule has 1 saturated carbocycles. The normalized spacial score (nSPS) is 25.1. The summed E-state index contributed by atoms with van der Waals surface area (Å²) in [5.74, 6) is 0. The van der Waals surface area contributed by atoms with Crippen LogP contribution >= 0.6 is 0 Å². The van der Waals surface area contributed by atoms with Gasteiger partial charge in [0.1, 0.15) is 0 Å². The van der Waals surface area contributed by atoms with Crippen LogP contribution in [0, 0.1) is 5.41 Å². The first-order valence-electron chi connectivity index (χ1n) is 8.92. The molecule has 1 atom stereocenters. The molecule has 3 heteroatoms. The van der Waals surface area contributed by atoms with Crippen molar-refractivity contribution in [1.29, 1.82) is 0 Å². The van der Waals surface area contributed by atoms with Gasteiger partial charge in [-0.2, -0.15) is 0 Å². The zero-order valence-corrected chi connectivity index (χ0v) is 14.7. The Labute approximate surface area is 131 Å². The number of ether oxygens (including phenoxy) is 1. The summed E-state index contributed by atoms with van der Waals surface area (Å²) in [6, 6.07) is 0.523. The molecule has 0 bridgehead atoms. The molecule has 1 N–H and O–H groups in total. The summed E-state index contributed by atoms with van der Waals surface area (Å²) in [4.78, 5) is 2.67. The highest BCUT2D eigenvalue weighted by molar-refractivity contribution is 4.91. The van der Waals surface area contributed by atoms with Crippen LogP contribution in [0.15, 0.2) is 0 Å². The third-order valence-electron chi connectivity index (χ3n) is 5.52. The van der Waals surface area contributed by atoms with Crippen molar-refractivity contribution in [2.24, 2.45) is 5.41 Å². The highest BCUT2D eigenvalue weighted by Gasteiger charge is 2.37. The Morgan fingerprint density at radius 1 is 1.05 bits per heavy atom. The molecule has 0 radical (unpaired) electrons. The van der Waals surface area contributed by atoms with Crippen molar-refractivity contribution in [3.05, 3.63) is 0 Å². The Morgan fingerprint density at radius 2 is 1.67 bits per heavy atom. The summed E-state index contributed by atoms with van der Waals surface area (Å²) < 4.78 is 5.48. The maximum atomic E-state index is 5.48. The van der Waals surface area contributed by atoms with Crippen molar-refractivity contribution in [2.75, 3.05) is 33.4 Å². The fourth-order valence-electron chi connectivity index (χ4n) is 4.08. The first-order chi connectivity index (χ1) is 9.94. The molecule has 1 heterocycles. The molecule has 3 nitrogen and oxygen atoms in total. The first-order valence-corrected chi connectivity index (χ1v) is 8.92. The minimum Gasteiger partial charge on any atom is -0.383 e. The minimum absolute atomic E-state index is 0.187. The number of rotatable bonds is 5. The van der Waals surface area contributed by atoms with Crippen LogP contribution in [-0.2, 0) is 4.74 Å². The van der Waals surface area contributed by atoms with Gasteiger partial charge in [0.15, 0.2) is 0 Å². The molecule has 0 amide bonds. The zero-order chi connectivity index (χ0) is 15.3. The maximum Gasteiger partial charge on any atom is 0.0630 e. The predicted molar refractivity (Wildman–Crippen MR) is 89.7 cm³/mol. The SMILES string of the molecule is COCC(CNC(C)(C)C)N1CCC2(CCCCC2)CC1. The van der Waals surface area contributed by atoms with Gasteiger partial charge in [-0.1, -0.05) is 19.3 Å². The lowest BCUT2D eigenvalue weighted by Crippen LogP contribution is -2.53. The predicted octanol–water partition coefficient (Wildman–Crippen LogP) is 3.44. The van der Waals surface area contributed by atoms with Gasteiger partial charge in [-0.3, -0.25) is 4.90 Å². The third-order valence-corrected chi connectivity index (χ3v) is 5.52. The summed E-state index contributed by atoms with van der Waals surface area (Å²) in [5, 5.41) is 3.65. The minimum atomic E-state index is 0.187. The van der Waals surface area contributed by atoms with E-state index >= 15 is 0 Å². The largest absolute Gasteiger partial charge is 0.383 e. The van der Waals surface area contributed by atoms with Crippen LogP contribution in [0.25, 0.3) is 0 Å². The molecule has 1 saturated heterocycles. The van der Waals surface area contributed by atoms with Crippen LogP contribution in [0.3, 0.4) is 0 Å². The fourth-order valence-corrected chi connectivity index (χ4v) is 4.08. The van der Waals surface area contributed by atoms with Crippen molar-refractivity contribution in [1.82, 2.24) is 10.2 Å². The van der Waals surface area contributed by atoms with Gasteiger partial charge in [0, 0.05) is 25.2 Å². The molecule has 1 aliphatic carbocycles. The van der Waals surface area contributed by atoms with E-state index in [1.807, 2.05) is 7.11 Å². The quantitative estimate of drug-likeness (QED) is 0.841. The highest BCUT2D eigenvalue weighted by atomic mass is 16.5. The number of nitrogens with zero attached hydrogens (tertiary/aromatic N) is 1. The molecule has 2 fully saturated rings. The Kier molecular flexibility index (Phi) is 6.10. The van der Waals surface area contributed by atoms with Crippen LogP contribution in [0.5, 0.6) is 0 Å². The first kappa shape index (κ1) is 17.2. The van der Waals surface area contributed by atoms with E-state index in [2.05, 4.69) is 31.0 Å². The second kappa shape index (κ2) is 7.43. The summed E-state index contributed by atoms with van der Waals surface area (Å²) in [6.45, 7) is 11.1. The van der Waals surface area contributed by atoms with Crippen molar-refractivity contribution in [3.63, 3.8) is 0 Å². The van der Waals surface area contributed by atoms with E-state index in [1.165, 1.54) is 58.0 Å². The van der Waals surface area contributed by atoms with Crippen LogP contribution in [0.4, 0.5) is 0 Å². The number of piperidine rings is 1. The molecule has 21 heavy (non-hydrogen) atoms. The molecule has 1 unspecified atom stereocenters. The molecule has 2 aliphatic rings. The van der Waals surface area contributed by atoms with Gasteiger partial charge in [-0.05, 0) is 65.0 Å². The lowest BCUT2D eigenvalue weighted by atomic mass is 9.68. The molecule has 1 aliphatic heterocycles. The highest BCUT2D eigenvalue weighted by Crippen LogP contribution is 2.44. The van der Waals surface area contributed by atoms with Crippen LogP contribution in [-0.4, -0.2) is 49.8 Å². The van der Waals surface area contributed by atoms with Crippen molar-refractivity contribution >= 4 is 0 Å². The number of methoxy groups -OCH3 is 1. The smallest absolute Gasteiger partial charge is 0.0630 e. The lowest BCUT2D eigenvalue weighted by molar-refractivity contribution is 0.0178. The van der Waals surface area contributed by atoms with Crippen molar-refractivity contribution < 1.29 is 4.74 Å². The molecule has 124 valence electrons. The van der Waals surface area contributed by atoms with Crippen molar-refractivity contribution in [3.8, 4) is 0 Å². The number of likely N-dealkylation sites (tertiary alicyclic amines) is 1. The molecule has 0 aromatic rings. The maximum absolute atomic E-state index is 5.48. The van der Waals surface area contributed by atoms with E-state index in [0.29, 0.717) is 11.5 Å². The summed E-state index contributed by atoms with van der Waals surface area (Å²) >= 11 is 0. The van der Waals surface area contributed by atoms with Gasteiger partial charge >= 0.3 is 0 Å². The molecular weight excluding hydrogens is 260 g/mol. The monoisotopic (exact) mass is 296 g/mol. The van der Waals surface area contributed by atoms with E-state index in [4.69, 9.17) is 4.74 Å². The van der Waals surface area contributed by atoms with E-state index in [0.717, 1.165) is 13.2 Å². The second-order valence-electron chi connectivity index (χ2n) is 8.34. The topological polar surface area (TPSA) is 24.5 Å². The molecule has 2 rings (SSSR count). The van der Waals surface area contributed by atoms with Crippen LogP contribution in [0.1, 0.15) is 65.7 Å². The fraction of sp³-hybridized carbons (Fsp3) is 1.00. The Morgan fingerprint density at radius 3 is 2.19 bits per heavy atom. The van der Waals surface area contributed by atoms with Gasteiger partial charge in [0.2, 0.25) is 0 Å². The molecule has 1 spiro atoms. The number of hydrogen-bond donors (Lipinski definition) is 1. The Bertz CT molecular complexity index is 295. The number of nitrogens with one attached hydrogen (secondary N) is 1. The van der Waals surface area contributed by atoms with Crippen LogP contribution < -0.4 is 5.32 Å². The average molecular weight is 296 g/mol. The second-order valence-corrected chi connectivity index (χ2v) is 8.34. The van der Waals surface area contributed by atoms with Crippen molar-refractivity contribution in [2.45, 2.75) is 77.3 Å². The molecular formula is C18H36N2O.